The molecule has 3 aromatic carbocycles. The van der Waals surface area contributed by atoms with Crippen molar-refractivity contribution in [3.8, 4) is 0 Å². The number of carbonyl (C=O) groups excluding carboxylic acids is 2. The Bertz CT molecular complexity index is 1370. The Morgan fingerprint density at radius 3 is 2.24 bits per heavy atom. The van der Waals surface area contributed by atoms with Crippen molar-refractivity contribution in [2.45, 2.75) is 32.9 Å². The number of benzene rings is 3. The largest absolute Gasteiger partial charge is 0.355 e. The van der Waals surface area contributed by atoms with Crippen LogP contribution in [0.15, 0.2) is 77.3 Å². The molecule has 1 unspecified atom stereocenters. The Hall–Kier alpha value is -2.88. The van der Waals surface area contributed by atoms with Crippen molar-refractivity contribution in [3.05, 3.63) is 99.0 Å². The van der Waals surface area contributed by atoms with Crippen LogP contribution in [0.4, 0.5) is 5.69 Å². The number of likely N-dealkylation sites (N-methyl/N-ethyl adjacent to an activating group) is 1. The number of aryl methyl sites for hydroxylation is 1. The smallest absolute Gasteiger partial charge is 0.244 e. The number of carbonyl (C=O) groups is 2. The summed E-state index contributed by atoms with van der Waals surface area (Å²) in [6.45, 7) is 3.59. The van der Waals surface area contributed by atoms with Crippen molar-refractivity contribution < 1.29 is 18.0 Å². The van der Waals surface area contributed by atoms with Gasteiger partial charge in [-0.3, -0.25) is 13.9 Å². The van der Waals surface area contributed by atoms with Crippen LogP contribution in [-0.2, 0) is 32.6 Å². The lowest BCUT2D eigenvalue weighted by atomic mass is 10.0. The number of halogens is 2. The van der Waals surface area contributed by atoms with Crippen LogP contribution in [0.1, 0.15) is 23.6 Å². The average Bonchev–Trinajstić information content (AvgIpc) is 2.86. The summed E-state index contributed by atoms with van der Waals surface area (Å²) < 4.78 is 27.7. The Morgan fingerprint density at radius 2 is 1.66 bits per heavy atom. The Labute approximate surface area is 238 Å². The minimum absolute atomic E-state index is 0.123. The van der Waals surface area contributed by atoms with E-state index in [9.17, 15) is 18.0 Å². The van der Waals surface area contributed by atoms with Gasteiger partial charge in [-0.05, 0) is 60.9 Å². The van der Waals surface area contributed by atoms with E-state index in [4.69, 9.17) is 11.6 Å². The summed E-state index contributed by atoms with van der Waals surface area (Å²) in [6.07, 6.45) is 1.33. The quantitative estimate of drug-likeness (QED) is 0.329. The summed E-state index contributed by atoms with van der Waals surface area (Å²) in [5, 5.41) is 3.30. The predicted octanol–water partition coefficient (Wildman–Crippen LogP) is 4.95. The van der Waals surface area contributed by atoms with Gasteiger partial charge in [-0.25, -0.2) is 8.42 Å². The molecule has 0 saturated heterocycles. The molecule has 2 amide bonds. The molecule has 0 aliphatic rings. The van der Waals surface area contributed by atoms with Crippen molar-refractivity contribution in [3.63, 3.8) is 0 Å². The molecule has 0 aromatic heterocycles. The molecule has 10 heteroatoms. The first-order valence-electron chi connectivity index (χ1n) is 12.1. The summed E-state index contributed by atoms with van der Waals surface area (Å²) in [5.74, 6) is -0.810. The standard InChI is InChI=1S/C28H31BrClN3O4S/c1-4-31-28(35)26(17-21-8-6-5-7-9-21)32(18-22-10-12-23(29)13-11-22)27(34)19-33(38(3,36)37)25-15-14-24(30)16-20(25)2/h5-16,26H,4,17-19H2,1-3H3,(H,31,35). The highest BCUT2D eigenvalue weighted by Gasteiger charge is 2.33. The summed E-state index contributed by atoms with van der Waals surface area (Å²) in [4.78, 5) is 28.8. The fourth-order valence-electron chi connectivity index (χ4n) is 4.13. The number of anilines is 1. The maximum Gasteiger partial charge on any atom is 0.244 e. The number of rotatable bonds is 11. The van der Waals surface area contributed by atoms with Crippen LogP contribution in [0.2, 0.25) is 5.02 Å². The lowest BCUT2D eigenvalue weighted by molar-refractivity contribution is -0.140. The van der Waals surface area contributed by atoms with Gasteiger partial charge in [0.05, 0.1) is 11.9 Å². The van der Waals surface area contributed by atoms with Gasteiger partial charge in [0.1, 0.15) is 12.6 Å². The van der Waals surface area contributed by atoms with Gasteiger partial charge in [0.25, 0.3) is 0 Å². The first-order valence-corrected chi connectivity index (χ1v) is 15.1. The van der Waals surface area contributed by atoms with Crippen LogP contribution >= 0.6 is 27.5 Å². The zero-order chi connectivity index (χ0) is 27.9. The third-order valence-corrected chi connectivity index (χ3v) is 7.89. The average molecular weight is 621 g/mol. The highest BCUT2D eigenvalue weighted by atomic mass is 79.9. The molecule has 202 valence electrons. The van der Waals surface area contributed by atoms with E-state index >= 15 is 0 Å². The number of hydrogen-bond donors (Lipinski definition) is 1. The van der Waals surface area contributed by atoms with E-state index in [0.29, 0.717) is 22.8 Å². The van der Waals surface area contributed by atoms with E-state index in [-0.39, 0.29) is 18.9 Å². The fraction of sp³-hybridized carbons (Fsp3) is 0.286. The molecule has 0 aliphatic carbocycles. The van der Waals surface area contributed by atoms with E-state index in [1.165, 1.54) is 4.90 Å². The van der Waals surface area contributed by atoms with Crippen LogP contribution in [0, 0.1) is 6.92 Å². The third-order valence-electron chi connectivity index (χ3n) is 6.00. The minimum atomic E-state index is -3.84. The van der Waals surface area contributed by atoms with Gasteiger partial charge in [-0.2, -0.15) is 0 Å². The van der Waals surface area contributed by atoms with Crippen LogP contribution < -0.4 is 9.62 Å². The zero-order valence-electron chi connectivity index (χ0n) is 21.5. The molecule has 0 spiro atoms. The molecule has 0 radical (unpaired) electrons. The Balaban J connectivity index is 2.05. The summed E-state index contributed by atoms with van der Waals surface area (Å²) in [5.41, 5.74) is 2.65. The molecule has 0 fully saturated rings. The maximum atomic E-state index is 14.0. The fourth-order valence-corrected chi connectivity index (χ4v) is 5.52. The highest BCUT2D eigenvalue weighted by Crippen LogP contribution is 2.26. The Kier molecular flexibility index (Phi) is 10.4. The normalized spacial score (nSPS) is 12.0. The number of amides is 2. The number of nitrogens with zero attached hydrogens (tertiary/aromatic N) is 2. The molecular formula is C28H31BrClN3O4S. The molecule has 0 bridgehead atoms. The highest BCUT2D eigenvalue weighted by molar-refractivity contribution is 9.10. The third kappa shape index (κ3) is 8.06. The van der Waals surface area contributed by atoms with E-state index in [1.807, 2.05) is 61.5 Å². The van der Waals surface area contributed by atoms with Crippen molar-refractivity contribution in [1.82, 2.24) is 10.2 Å². The van der Waals surface area contributed by atoms with Gasteiger partial charge in [0, 0.05) is 29.0 Å². The Morgan fingerprint density at radius 1 is 1.00 bits per heavy atom. The van der Waals surface area contributed by atoms with Crippen LogP contribution in [0.3, 0.4) is 0 Å². The second-order valence-corrected chi connectivity index (χ2v) is 12.2. The predicted molar refractivity (Wildman–Crippen MR) is 156 cm³/mol. The van der Waals surface area contributed by atoms with Gasteiger partial charge in [-0.15, -0.1) is 0 Å². The summed E-state index contributed by atoms with van der Waals surface area (Å²) in [6, 6.07) is 20.8. The van der Waals surface area contributed by atoms with Crippen molar-refractivity contribution >= 4 is 55.1 Å². The molecule has 7 nitrogen and oxygen atoms in total. The van der Waals surface area contributed by atoms with Crippen molar-refractivity contribution in [2.24, 2.45) is 0 Å². The van der Waals surface area contributed by atoms with Gasteiger partial charge >= 0.3 is 0 Å². The monoisotopic (exact) mass is 619 g/mol. The molecule has 3 aromatic rings. The lowest BCUT2D eigenvalue weighted by Gasteiger charge is -2.33. The molecule has 0 heterocycles. The molecule has 0 saturated carbocycles. The second kappa shape index (κ2) is 13.3. The van der Waals surface area contributed by atoms with E-state index in [0.717, 1.165) is 26.2 Å². The maximum absolute atomic E-state index is 14.0. The van der Waals surface area contributed by atoms with E-state index in [2.05, 4.69) is 21.2 Å². The molecule has 1 atom stereocenters. The van der Waals surface area contributed by atoms with Gasteiger partial charge in [0.15, 0.2) is 0 Å². The van der Waals surface area contributed by atoms with Gasteiger partial charge in [0.2, 0.25) is 21.8 Å². The van der Waals surface area contributed by atoms with Gasteiger partial charge < -0.3 is 10.2 Å². The van der Waals surface area contributed by atoms with Crippen LogP contribution in [0.5, 0.6) is 0 Å². The number of nitrogens with one attached hydrogen (secondary N) is 1. The van der Waals surface area contributed by atoms with Gasteiger partial charge in [-0.1, -0.05) is 70.0 Å². The van der Waals surface area contributed by atoms with Crippen molar-refractivity contribution in [1.29, 1.82) is 0 Å². The zero-order valence-corrected chi connectivity index (χ0v) is 24.7. The lowest BCUT2D eigenvalue weighted by Crippen LogP contribution is -2.53. The van der Waals surface area contributed by atoms with Crippen LogP contribution in [-0.4, -0.2) is 50.5 Å². The SMILES string of the molecule is CCNC(=O)C(Cc1ccccc1)N(Cc1ccc(Br)cc1)C(=O)CN(c1ccc(Cl)cc1C)S(C)(=O)=O. The topological polar surface area (TPSA) is 86.8 Å². The summed E-state index contributed by atoms with van der Waals surface area (Å²) in [7, 11) is -3.84. The minimum Gasteiger partial charge on any atom is -0.355 e. The number of hydrogen-bond acceptors (Lipinski definition) is 4. The second-order valence-electron chi connectivity index (χ2n) is 8.95. The summed E-state index contributed by atoms with van der Waals surface area (Å²) >= 11 is 9.51. The van der Waals surface area contributed by atoms with E-state index < -0.39 is 28.5 Å². The van der Waals surface area contributed by atoms with E-state index in [1.54, 1.807) is 25.1 Å². The molecule has 3 rings (SSSR count). The molecular weight excluding hydrogens is 590 g/mol. The molecule has 0 aliphatic heterocycles. The first kappa shape index (κ1) is 29.7. The first-order chi connectivity index (χ1) is 18.0. The molecule has 38 heavy (non-hydrogen) atoms. The molecule has 1 N–H and O–H groups in total. The van der Waals surface area contributed by atoms with Crippen molar-refractivity contribution in [2.75, 3.05) is 23.7 Å². The van der Waals surface area contributed by atoms with Crippen LogP contribution in [0.25, 0.3) is 0 Å². The number of sulfonamides is 1.